The van der Waals surface area contributed by atoms with Crippen LogP contribution in [0.1, 0.15) is 29.8 Å². The predicted octanol–water partition coefficient (Wildman–Crippen LogP) is 5.02. The average molecular weight is 461 g/mol. The first kappa shape index (κ1) is 22.6. The van der Waals surface area contributed by atoms with Crippen molar-refractivity contribution in [3.63, 3.8) is 0 Å². The molecule has 9 heteroatoms. The molecular weight excluding hydrogens is 440 g/mol. The van der Waals surface area contributed by atoms with Crippen LogP contribution in [0.15, 0.2) is 36.4 Å². The molecular formula is C22H21ClN2O5S. The van der Waals surface area contributed by atoms with Crippen molar-refractivity contribution in [2.75, 3.05) is 23.8 Å². The van der Waals surface area contributed by atoms with Crippen molar-refractivity contribution in [3.8, 4) is 5.75 Å². The number of halogens is 1. The van der Waals surface area contributed by atoms with Gasteiger partial charge in [0.2, 0.25) is 5.91 Å². The molecule has 0 aliphatic rings. The van der Waals surface area contributed by atoms with Gasteiger partial charge in [-0.2, -0.15) is 0 Å². The van der Waals surface area contributed by atoms with E-state index in [2.05, 4.69) is 10.6 Å². The smallest absolute Gasteiger partial charge is 0.341 e. The Morgan fingerprint density at radius 2 is 1.84 bits per heavy atom. The first-order valence-electron chi connectivity index (χ1n) is 9.49. The minimum atomic E-state index is -0.538. The molecule has 0 saturated carbocycles. The van der Waals surface area contributed by atoms with Crippen LogP contribution in [0.3, 0.4) is 0 Å². The number of hydrogen-bond donors (Lipinski definition) is 2. The highest BCUT2D eigenvalue weighted by molar-refractivity contribution is 7.24. The van der Waals surface area contributed by atoms with Gasteiger partial charge in [-0.15, -0.1) is 11.3 Å². The van der Waals surface area contributed by atoms with Gasteiger partial charge in [0.1, 0.15) is 16.3 Å². The van der Waals surface area contributed by atoms with Gasteiger partial charge in [0.15, 0.2) is 6.61 Å². The molecule has 3 aromatic rings. The Kier molecular flexibility index (Phi) is 7.14. The maximum atomic E-state index is 12.5. The maximum Gasteiger partial charge on any atom is 0.341 e. The minimum Gasteiger partial charge on any atom is -0.482 e. The van der Waals surface area contributed by atoms with Gasteiger partial charge in [-0.25, -0.2) is 4.79 Å². The molecule has 0 spiro atoms. The zero-order valence-electron chi connectivity index (χ0n) is 17.2. The van der Waals surface area contributed by atoms with Gasteiger partial charge in [-0.05, 0) is 31.5 Å². The van der Waals surface area contributed by atoms with Crippen LogP contribution in [0.2, 0.25) is 5.02 Å². The Bertz CT molecular complexity index is 1160. The van der Waals surface area contributed by atoms with E-state index in [1.807, 2.05) is 6.92 Å². The summed E-state index contributed by atoms with van der Waals surface area (Å²) in [6.07, 6.45) is 0. The van der Waals surface area contributed by atoms with Crippen LogP contribution in [-0.4, -0.2) is 31.0 Å². The Morgan fingerprint density at radius 1 is 1.10 bits per heavy atom. The summed E-state index contributed by atoms with van der Waals surface area (Å²) in [5, 5.41) is 6.76. The summed E-state index contributed by atoms with van der Waals surface area (Å²) in [5.74, 6) is -0.771. The van der Waals surface area contributed by atoms with E-state index in [1.165, 1.54) is 18.3 Å². The molecule has 3 rings (SSSR count). The van der Waals surface area contributed by atoms with E-state index < -0.39 is 5.97 Å². The molecule has 0 saturated heterocycles. The van der Waals surface area contributed by atoms with E-state index in [-0.39, 0.29) is 30.6 Å². The molecule has 0 aliphatic heterocycles. The van der Waals surface area contributed by atoms with Gasteiger partial charge in [0.25, 0.3) is 5.91 Å². The molecule has 0 radical (unpaired) electrons. The van der Waals surface area contributed by atoms with Gasteiger partial charge in [0, 0.05) is 12.3 Å². The Morgan fingerprint density at radius 3 is 2.52 bits per heavy atom. The topological polar surface area (TPSA) is 93.7 Å². The predicted molar refractivity (Wildman–Crippen MR) is 122 cm³/mol. The van der Waals surface area contributed by atoms with Crippen molar-refractivity contribution >= 4 is 61.5 Å². The van der Waals surface area contributed by atoms with E-state index >= 15 is 0 Å². The second-order valence-corrected chi connectivity index (χ2v) is 8.04. The summed E-state index contributed by atoms with van der Waals surface area (Å²) in [5.41, 5.74) is 1.54. The quantitative estimate of drug-likeness (QED) is 0.483. The molecule has 0 atom stereocenters. The van der Waals surface area contributed by atoms with Crippen LogP contribution in [0.4, 0.5) is 10.7 Å². The first-order chi connectivity index (χ1) is 14.8. The van der Waals surface area contributed by atoms with E-state index in [4.69, 9.17) is 21.1 Å². The Hall–Kier alpha value is -3.10. The molecule has 162 valence electrons. The van der Waals surface area contributed by atoms with Gasteiger partial charge in [-0.1, -0.05) is 35.9 Å². The fourth-order valence-electron chi connectivity index (χ4n) is 2.95. The standard InChI is InChI=1S/C22H21ClN2O5S/c1-4-29-22(28)18-14-10-9-12(2)19(20(14)31-21(18)24-13(3)26)30-11-17(27)25-16-8-6-5-7-15(16)23/h5-10H,4,11H2,1-3H3,(H,24,26)(H,25,27). The largest absolute Gasteiger partial charge is 0.482 e. The number of amides is 2. The van der Waals surface area contributed by atoms with Crippen molar-refractivity contribution in [3.05, 3.63) is 52.5 Å². The van der Waals surface area contributed by atoms with E-state index in [0.29, 0.717) is 31.5 Å². The third kappa shape index (κ3) is 5.15. The average Bonchev–Trinajstić information content (AvgIpc) is 3.06. The number of carbonyl (C=O) groups excluding carboxylic acids is 3. The van der Waals surface area contributed by atoms with Crippen LogP contribution in [0.25, 0.3) is 10.1 Å². The first-order valence-corrected chi connectivity index (χ1v) is 10.7. The maximum absolute atomic E-state index is 12.5. The number of rotatable bonds is 7. The summed E-state index contributed by atoms with van der Waals surface area (Å²) in [4.78, 5) is 36.5. The molecule has 2 aromatic carbocycles. The number of benzene rings is 2. The molecule has 1 aromatic heterocycles. The lowest BCUT2D eigenvalue weighted by molar-refractivity contribution is -0.118. The molecule has 0 fully saturated rings. The van der Waals surface area contributed by atoms with Crippen molar-refractivity contribution in [1.82, 2.24) is 0 Å². The molecule has 0 bridgehead atoms. The molecule has 0 unspecified atom stereocenters. The molecule has 2 N–H and O–H groups in total. The second kappa shape index (κ2) is 9.80. The number of esters is 1. The normalized spacial score (nSPS) is 10.6. The Labute approximate surface area is 188 Å². The zero-order chi connectivity index (χ0) is 22.5. The van der Waals surface area contributed by atoms with Crippen LogP contribution in [-0.2, 0) is 14.3 Å². The van der Waals surface area contributed by atoms with E-state index in [9.17, 15) is 14.4 Å². The van der Waals surface area contributed by atoms with Crippen molar-refractivity contribution in [2.24, 2.45) is 0 Å². The zero-order valence-corrected chi connectivity index (χ0v) is 18.8. The van der Waals surface area contributed by atoms with Gasteiger partial charge >= 0.3 is 5.97 Å². The van der Waals surface area contributed by atoms with Crippen molar-refractivity contribution in [1.29, 1.82) is 0 Å². The lowest BCUT2D eigenvalue weighted by atomic mass is 10.1. The van der Waals surface area contributed by atoms with Crippen molar-refractivity contribution < 1.29 is 23.9 Å². The Balaban J connectivity index is 1.92. The summed E-state index contributed by atoms with van der Waals surface area (Å²) in [7, 11) is 0. The second-order valence-electron chi connectivity index (χ2n) is 6.61. The third-order valence-electron chi connectivity index (χ3n) is 4.27. The fraction of sp³-hybridized carbons (Fsp3) is 0.227. The highest BCUT2D eigenvalue weighted by Gasteiger charge is 2.24. The molecule has 2 amide bonds. The summed E-state index contributed by atoms with van der Waals surface area (Å²) in [6, 6.07) is 10.5. The number of thiophene rings is 1. The molecule has 7 nitrogen and oxygen atoms in total. The number of hydrogen-bond acceptors (Lipinski definition) is 6. The van der Waals surface area contributed by atoms with Crippen LogP contribution in [0.5, 0.6) is 5.75 Å². The van der Waals surface area contributed by atoms with E-state index in [0.717, 1.165) is 5.56 Å². The van der Waals surface area contributed by atoms with Gasteiger partial charge < -0.3 is 20.1 Å². The number of anilines is 2. The highest BCUT2D eigenvalue weighted by Crippen LogP contribution is 2.42. The summed E-state index contributed by atoms with van der Waals surface area (Å²) in [6.45, 7) is 4.85. The number of ether oxygens (including phenoxy) is 2. The van der Waals surface area contributed by atoms with Gasteiger partial charge in [-0.3, -0.25) is 9.59 Å². The molecule has 31 heavy (non-hydrogen) atoms. The number of fused-ring (bicyclic) bond motifs is 1. The highest BCUT2D eigenvalue weighted by atomic mass is 35.5. The number of nitrogens with one attached hydrogen (secondary N) is 2. The van der Waals surface area contributed by atoms with Crippen LogP contribution < -0.4 is 15.4 Å². The third-order valence-corrected chi connectivity index (χ3v) is 5.72. The van der Waals surface area contributed by atoms with Crippen LogP contribution >= 0.6 is 22.9 Å². The number of para-hydroxylation sites is 1. The number of carbonyl (C=O) groups is 3. The fourth-order valence-corrected chi connectivity index (χ4v) is 4.42. The molecule has 1 heterocycles. The number of aryl methyl sites for hydroxylation is 1. The summed E-state index contributed by atoms with van der Waals surface area (Å²) >= 11 is 7.27. The monoisotopic (exact) mass is 460 g/mol. The lowest BCUT2D eigenvalue weighted by Crippen LogP contribution is -2.20. The lowest BCUT2D eigenvalue weighted by Gasteiger charge is -2.11. The van der Waals surface area contributed by atoms with E-state index in [1.54, 1.807) is 43.3 Å². The minimum absolute atomic E-state index is 0.202. The SMILES string of the molecule is CCOC(=O)c1c(NC(C)=O)sc2c(OCC(=O)Nc3ccccc3Cl)c(C)ccc12. The summed E-state index contributed by atoms with van der Waals surface area (Å²) < 4.78 is 11.6. The van der Waals surface area contributed by atoms with Crippen LogP contribution in [0, 0.1) is 6.92 Å². The molecule has 0 aliphatic carbocycles. The van der Waals surface area contributed by atoms with Crippen molar-refractivity contribution in [2.45, 2.75) is 20.8 Å². The van der Waals surface area contributed by atoms with Gasteiger partial charge in [0.05, 0.1) is 22.0 Å².